The van der Waals surface area contributed by atoms with Crippen LogP contribution in [0.4, 0.5) is 0 Å². The molecule has 0 saturated heterocycles. The van der Waals surface area contributed by atoms with E-state index in [2.05, 4.69) is 31.2 Å². The summed E-state index contributed by atoms with van der Waals surface area (Å²) in [5, 5.41) is 9.86. The summed E-state index contributed by atoms with van der Waals surface area (Å²) in [6.45, 7) is 4.11. The van der Waals surface area contributed by atoms with Crippen molar-refractivity contribution in [3.05, 3.63) is 64.2 Å². The van der Waals surface area contributed by atoms with Gasteiger partial charge in [0.2, 0.25) is 0 Å². The molecular weight excluding hydrogens is 244 g/mol. The van der Waals surface area contributed by atoms with E-state index in [9.17, 15) is 5.11 Å². The van der Waals surface area contributed by atoms with E-state index in [0.29, 0.717) is 11.7 Å². The van der Waals surface area contributed by atoms with Crippen LogP contribution >= 0.6 is 0 Å². The molecule has 0 amide bonds. The molecule has 0 aromatic heterocycles. The molecule has 0 unspecified atom stereocenters. The molecule has 1 aliphatic rings. The van der Waals surface area contributed by atoms with Gasteiger partial charge in [0.1, 0.15) is 5.75 Å². The Hall–Kier alpha value is -1.76. The van der Waals surface area contributed by atoms with Gasteiger partial charge in [-0.2, -0.15) is 0 Å². The van der Waals surface area contributed by atoms with E-state index in [1.807, 2.05) is 19.1 Å². The zero-order valence-electron chi connectivity index (χ0n) is 12.3. The number of aromatic hydroxyl groups is 1. The van der Waals surface area contributed by atoms with E-state index in [1.54, 1.807) is 0 Å². The fraction of sp³-hybridized carbons (Fsp3) is 0.368. The van der Waals surface area contributed by atoms with Crippen molar-refractivity contribution < 1.29 is 5.11 Å². The zero-order chi connectivity index (χ0) is 14.1. The second-order valence-corrected chi connectivity index (χ2v) is 6.12. The van der Waals surface area contributed by atoms with Crippen LogP contribution < -0.4 is 0 Å². The molecule has 1 nitrogen and oxygen atoms in total. The number of aryl methyl sites for hydroxylation is 3. The van der Waals surface area contributed by atoms with Crippen molar-refractivity contribution in [1.29, 1.82) is 0 Å². The Bertz CT molecular complexity index is 628. The predicted molar refractivity (Wildman–Crippen MR) is 83.4 cm³/mol. The van der Waals surface area contributed by atoms with Crippen LogP contribution in [0.3, 0.4) is 0 Å². The maximum Gasteiger partial charge on any atom is 0.118 e. The van der Waals surface area contributed by atoms with Gasteiger partial charge in [0.25, 0.3) is 0 Å². The number of hydrogen-bond acceptors (Lipinski definition) is 1. The fourth-order valence-electron chi connectivity index (χ4n) is 3.32. The second kappa shape index (κ2) is 5.32. The minimum absolute atomic E-state index is 0.419. The van der Waals surface area contributed by atoms with E-state index in [4.69, 9.17) is 0 Å². The highest BCUT2D eigenvalue weighted by Crippen LogP contribution is 2.35. The van der Waals surface area contributed by atoms with Crippen LogP contribution in [0.1, 0.15) is 46.6 Å². The molecule has 1 aliphatic carbocycles. The van der Waals surface area contributed by atoms with Crippen LogP contribution in [0.15, 0.2) is 36.4 Å². The lowest BCUT2D eigenvalue weighted by molar-refractivity contribution is 0.469. The van der Waals surface area contributed by atoms with Gasteiger partial charge in [-0.3, -0.25) is 0 Å². The van der Waals surface area contributed by atoms with Crippen molar-refractivity contribution in [3.63, 3.8) is 0 Å². The SMILES string of the molecule is Cc1ccc2c(c1)CCC[C@H]2Cc1ccc(C)c(O)c1. The number of hydrogen-bond donors (Lipinski definition) is 1. The third-order valence-corrected chi connectivity index (χ3v) is 4.49. The third-order valence-electron chi connectivity index (χ3n) is 4.49. The Balaban J connectivity index is 1.87. The van der Waals surface area contributed by atoms with Crippen LogP contribution in [0, 0.1) is 13.8 Å². The molecular formula is C19H22O. The minimum Gasteiger partial charge on any atom is -0.508 e. The van der Waals surface area contributed by atoms with Gasteiger partial charge in [0, 0.05) is 0 Å². The van der Waals surface area contributed by atoms with Gasteiger partial charge in [-0.15, -0.1) is 0 Å². The Morgan fingerprint density at radius 2 is 1.95 bits per heavy atom. The van der Waals surface area contributed by atoms with Gasteiger partial charge in [0.05, 0.1) is 0 Å². The van der Waals surface area contributed by atoms with Crippen molar-refractivity contribution in [2.45, 2.75) is 45.4 Å². The van der Waals surface area contributed by atoms with Crippen molar-refractivity contribution >= 4 is 0 Å². The van der Waals surface area contributed by atoms with E-state index in [1.165, 1.54) is 41.5 Å². The molecule has 0 radical (unpaired) electrons. The smallest absolute Gasteiger partial charge is 0.118 e. The standard InChI is InChI=1S/C19H22O/c1-13-6-9-18-16(10-13)4-3-5-17(18)11-15-8-7-14(2)19(20)12-15/h6-10,12,17,20H,3-5,11H2,1-2H3/t17-/m0/s1. The first-order chi connectivity index (χ1) is 9.63. The largest absolute Gasteiger partial charge is 0.508 e. The first-order valence-corrected chi connectivity index (χ1v) is 7.51. The molecule has 3 rings (SSSR count). The van der Waals surface area contributed by atoms with Crippen LogP contribution in [-0.4, -0.2) is 5.11 Å². The molecule has 0 spiro atoms. The number of fused-ring (bicyclic) bond motifs is 1. The Morgan fingerprint density at radius 1 is 1.10 bits per heavy atom. The highest BCUT2D eigenvalue weighted by atomic mass is 16.3. The van der Waals surface area contributed by atoms with Gasteiger partial charge < -0.3 is 5.11 Å². The molecule has 20 heavy (non-hydrogen) atoms. The van der Waals surface area contributed by atoms with Gasteiger partial charge in [-0.25, -0.2) is 0 Å². The Morgan fingerprint density at radius 3 is 2.75 bits per heavy atom. The number of phenolic OH excluding ortho intramolecular Hbond substituents is 1. The molecule has 2 aromatic carbocycles. The summed E-state index contributed by atoms with van der Waals surface area (Å²) in [4.78, 5) is 0. The van der Waals surface area contributed by atoms with Crippen LogP contribution in [-0.2, 0) is 12.8 Å². The van der Waals surface area contributed by atoms with E-state index < -0.39 is 0 Å². The molecule has 0 saturated carbocycles. The molecule has 0 heterocycles. The lowest BCUT2D eigenvalue weighted by atomic mass is 9.79. The number of phenols is 1. The van der Waals surface area contributed by atoms with Crippen LogP contribution in [0.25, 0.3) is 0 Å². The minimum atomic E-state index is 0.419. The topological polar surface area (TPSA) is 20.2 Å². The maximum atomic E-state index is 9.86. The first kappa shape index (κ1) is 13.2. The van der Waals surface area contributed by atoms with E-state index >= 15 is 0 Å². The van der Waals surface area contributed by atoms with Crippen molar-refractivity contribution in [2.75, 3.05) is 0 Å². The average Bonchev–Trinajstić information content (AvgIpc) is 2.43. The van der Waals surface area contributed by atoms with Crippen LogP contribution in [0.5, 0.6) is 5.75 Å². The number of benzene rings is 2. The first-order valence-electron chi connectivity index (χ1n) is 7.51. The normalized spacial score (nSPS) is 17.8. The third kappa shape index (κ3) is 2.58. The summed E-state index contributed by atoms with van der Waals surface area (Å²) in [6, 6.07) is 13.0. The summed E-state index contributed by atoms with van der Waals surface area (Å²) < 4.78 is 0. The molecule has 1 heteroatoms. The zero-order valence-corrected chi connectivity index (χ0v) is 12.3. The molecule has 1 N–H and O–H groups in total. The van der Waals surface area contributed by atoms with Gasteiger partial charge in [-0.1, -0.05) is 35.9 Å². The van der Waals surface area contributed by atoms with E-state index in [-0.39, 0.29) is 0 Å². The van der Waals surface area contributed by atoms with Crippen molar-refractivity contribution in [1.82, 2.24) is 0 Å². The van der Waals surface area contributed by atoms with Gasteiger partial charge in [-0.05, 0) is 73.8 Å². The number of rotatable bonds is 2. The molecule has 0 fully saturated rings. The molecule has 0 bridgehead atoms. The monoisotopic (exact) mass is 266 g/mol. The Labute approximate surface area is 121 Å². The molecule has 0 aliphatic heterocycles. The summed E-state index contributed by atoms with van der Waals surface area (Å²) in [5.74, 6) is 1.02. The highest BCUT2D eigenvalue weighted by molar-refractivity contribution is 5.39. The summed E-state index contributed by atoms with van der Waals surface area (Å²) in [5.41, 5.74) is 6.59. The molecule has 1 atom stereocenters. The van der Waals surface area contributed by atoms with Crippen LogP contribution in [0.2, 0.25) is 0 Å². The Kier molecular flexibility index (Phi) is 3.52. The summed E-state index contributed by atoms with van der Waals surface area (Å²) in [6.07, 6.45) is 4.78. The second-order valence-electron chi connectivity index (χ2n) is 6.12. The highest BCUT2D eigenvalue weighted by Gasteiger charge is 2.20. The predicted octanol–water partition coefficient (Wildman–Crippen LogP) is 4.67. The maximum absolute atomic E-state index is 9.86. The van der Waals surface area contributed by atoms with E-state index in [0.717, 1.165) is 12.0 Å². The molecule has 104 valence electrons. The van der Waals surface area contributed by atoms with Gasteiger partial charge >= 0.3 is 0 Å². The summed E-state index contributed by atoms with van der Waals surface area (Å²) in [7, 11) is 0. The van der Waals surface area contributed by atoms with Crippen molar-refractivity contribution in [2.24, 2.45) is 0 Å². The lowest BCUT2D eigenvalue weighted by Gasteiger charge is -2.26. The quantitative estimate of drug-likeness (QED) is 0.837. The van der Waals surface area contributed by atoms with Crippen molar-refractivity contribution in [3.8, 4) is 5.75 Å². The summed E-state index contributed by atoms with van der Waals surface area (Å²) >= 11 is 0. The fourth-order valence-corrected chi connectivity index (χ4v) is 3.32. The van der Waals surface area contributed by atoms with Gasteiger partial charge in [0.15, 0.2) is 0 Å². The lowest BCUT2D eigenvalue weighted by Crippen LogP contribution is -2.12. The average molecular weight is 266 g/mol. The molecule has 2 aromatic rings.